The molecule has 0 unspecified atom stereocenters. The number of hydrogen-bond donors (Lipinski definition) is 2. The Labute approximate surface area is 125 Å². The van der Waals surface area contributed by atoms with E-state index in [9.17, 15) is 8.42 Å². The molecule has 20 heavy (non-hydrogen) atoms. The average Bonchev–Trinajstić information content (AvgIpc) is 2.38. The quantitative estimate of drug-likeness (QED) is 0.878. The van der Waals surface area contributed by atoms with Crippen LogP contribution in [0.4, 0.5) is 11.5 Å². The lowest BCUT2D eigenvalue weighted by Gasteiger charge is -2.11. The lowest BCUT2D eigenvalue weighted by atomic mass is 10.3. The molecule has 0 saturated carbocycles. The molecule has 0 atom stereocenters. The van der Waals surface area contributed by atoms with Gasteiger partial charge in [-0.3, -0.25) is 9.71 Å². The van der Waals surface area contributed by atoms with E-state index in [0.29, 0.717) is 10.2 Å². The lowest BCUT2D eigenvalue weighted by molar-refractivity contribution is 0.601. The minimum absolute atomic E-state index is 0.0656. The predicted octanol–water partition coefficient (Wildman–Crippen LogP) is 2.39. The van der Waals surface area contributed by atoms with E-state index in [4.69, 9.17) is 0 Å². The molecule has 106 valence electrons. The molecule has 0 aliphatic heterocycles. The number of aryl methyl sites for hydroxylation is 1. The summed E-state index contributed by atoms with van der Waals surface area (Å²) < 4.78 is 27.9. The van der Waals surface area contributed by atoms with Crippen molar-refractivity contribution >= 4 is 37.5 Å². The van der Waals surface area contributed by atoms with E-state index in [0.717, 1.165) is 5.56 Å². The third kappa shape index (κ3) is 3.26. The van der Waals surface area contributed by atoms with Gasteiger partial charge in [0.25, 0.3) is 10.0 Å². The Morgan fingerprint density at radius 3 is 2.60 bits per heavy atom. The van der Waals surface area contributed by atoms with Gasteiger partial charge in [0, 0.05) is 23.9 Å². The van der Waals surface area contributed by atoms with Crippen molar-refractivity contribution in [3.8, 4) is 0 Å². The van der Waals surface area contributed by atoms with Gasteiger partial charge in [-0.1, -0.05) is 0 Å². The van der Waals surface area contributed by atoms with Crippen molar-refractivity contribution in [2.45, 2.75) is 11.8 Å². The first kappa shape index (κ1) is 14.7. The van der Waals surface area contributed by atoms with E-state index in [1.54, 1.807) is 19.3 Å². The Hall–Kier alpha value is -1.67. The Balaban J connectivity index is 2.43. The predicted molar refractivity (Wildman–Crippen MR) is 81.3 cm³/mol. The van der Waals surface area contributed by atoms with E-state index in [-0.39, 0.29) is 10.7 Å². The van der Waals surface area contributed by atoms with E-state index in [2.05, 4.69) is 35.9 Å². The number of pyridine rings is 2. The number of nitrogens with one attached hydrogen (secondary N) is 2. The fourth-order valence-electron chi connectivity index (χ4n) is 1.63. The van der Waals surface area contributed by atoms with Crippen LogP contribution in [0.25, 0.3) is 0 Å². The Morgan fingerprint density at radius 2 is 1.95 bits per heavy atom. The van der Waals surface area contributed by atoms with Crippen LogP contribution in [0, 0.1) is 6.92 Å². The Kier molecular flexibility index (Phi) is 4.24. The molecule has 0 aliphatic rings. The summed E-state index contributed by atoms with van der Waals surface area (Å²) in [5, 5.41) is 2.76. The monoisotopic (exact) mass is 356 g/mol. The topological polar surface area (TPSA) is 84.0 Å². The van der Waals surface area contributed by atoms with Crippen molar-refractivity contribution in [3.63, 3.8) is 0 Å². The second kappa shape index (κ2) is 5.76. The van der Waals surface area contributed by atoms with Gasteiger partial charge in [0.1, 0.15) is 10.7 Å². The third-order valence-electron chi connectivity index (χ3n) is 2.47. The first-order valence-corrected chi connectivity index (χ1v) is 7.98. The second-order valence-corrected chi connectivity index (χ2v) is 6.67. The van der Waals surface area contributed by atoms with Crippen LogP contribution in [0.15, 0.2) is 40.1 Å². The van der Waals surface area contributed by atoms with Gasteiger partial charge in [-0.25, -0.2) is 13.4 Å². The maximum absolute atomic E-state index is 12.4. The summed E-state index contributed by atoms with van der Waals surface area (Å²) in [5.41, 5.74) is 1.28. The van der Waals surface area contributed by atoms with Crippen LogP contribution in [-0.4, -0.2) is 25.4 Å². The van der Waals surface area contributed by atoms with Crippen molar-refractivity contribution in [1.82, 2.24) is 9.97 Å². The van der Waals surface area contributed by atoms with Gasteiger partial charge in [-0.2, -0.15) is 0 Å². The first-order valence-electron chi connectivity index (χ1n) is 5.70. The number of halogens is 1. The van der Waals surface area contributed by atoms with Gasteiger partial charge in [-0.15, -0.1) is 0 Å². The van der Waals surface area contributed by atoms with Crippen LogP contribution in [0.5, 0.6) is 0 Å². The zero-order valence-electron chi connectivity index (χ0n) is 10.9. The summed E-state index contributed by atoms with van der Waals surface area (Å²) in [6.45, 7) is 1.84. The molecule has 0 amide bonds. The van der Waals surface area contributed by atoms with E-state index in [1.807, 2.05) is 6.92 Å². The molecule has 0 fully saturated rings. The number of sulfonamides is 1. The van der Waals surface area contributed by atoms with E-state index in [1.165, 1.54) is 18.5 Å². The summed E-state index contributed by atoms with van der Waals surface area (Å²) in [4.78, 5) is 8.05. The number of nitrogens with zero attached hydrogens (tertiary/aromatic N) is 2. The fraction of sp³-hybridized carbons (Fsp3) is 0.167. The molecule has 8 heteroatoms. The van der Waals surface area contributed by atoms with Crippen molar-refractivity contribution in [3.05, 3.63) is 40.8 Å². The lowest BCUT2D eigenvalue weighted by Crippen LogP contribution is -2.15. The molecule has 0 aromatic carbocycles. The molecule has 0 saturated heterocycles. The number of aromatic nitrogens is 2. The molecule has 2 N–H and O–H groups in total. The molecular formula is C12H13BrN4O2S. The van der Waals surface area contributed by atoms with Crippen LogP contribution in [-0.2, 0) is 10.0 Å². The molecule has 0 radical (unpaired) electrons. The van der Waals surface area contributed by atoms with Crippen molar-refractivity contribution in [2.24, 2.45) is 0 Å². The average molecular weight is 357 g/mol. The van der Waals surface area contributed by atoms with Crippen LogP contribution in [0.1, 0.15) is 5.56 Å². The number of anilines is 2. The molecule has 6 nitrogen and oxygen atoms in total. The fourth-order valence-corrected chi connectivity index (χ4v) is 3.34. The number of hydrogen-bond acceptors (Lipinski definition) is 5. The molecular weight excluding hydrogens is 344 g/mol. The summed E-state index contributed by atoms with van der Waals surface area (Å²) in [6.07, 6.45) is 4.63. The molecule has 0 spiro atoms. The molecule has 2 aromatic heterocycles. The largest absolute Gasteiger partial charge is 0.372 e. The van der Waals surface area contributed by atoms with Crippen LogP contribution in [0.3, 0.4) is 0 Å². The van der Waals surface area contributed by atoms with Gasteiger partial charge in [-0.05, 0) is 40.5 Å². The maximum atomic E-state index is 12.4. The zero-order valence-corrected chi connectivity index (χ0v) is 13.3. The number of rotatable bonds is 4. The normalized spacial score (nSPS) is 11.2. The highest BCUT2D eigenvalue weighted by Crippen LogP contribution is 2.24. The standard InChI is InChI=1S/C12H13BrN4O2S/c1-8-3-10(7-15-5-8)17-20(18,19)11-4-9(13)6-16-12(11)14-2/h3-7,17H,1-2H3,(H,14,16). The second-order valence-electron chi connectivity index (χ2n) is 4.11. The van der Waals surface area contributed by atoms with Gasteiger partial charge in [0.2, 0.25) is 0 Å². The van der Waals surface area contributed by atoms with Crippen LogP contribution in [0.2, 0.25) is 0 Å². The highest BCUT2D eigenvalue weighted by atomic mass is 79.9. The van der Waals surface area contributed by atoms with Gasteiger partial charge >= 0.3 is 0 Å². The third-order valence-corrected chi connectivity index (χ3v) is 4.30. The van der Waals surface area contributed by atoms with Crippen molar-refractivity contribution < 1.29 is 8.42 Å². The van der Waals surface area contributed by atoms with Crippen LogP contribution < -0.4 is 10.0 Å². The van der Waals surface area contributed by atoms with Crippen molar-refractivity contribution in [1.29, 1.82) is 0 Å². The summed E-state index contributed by atoms with van der Waals surface area (Å²) in [6, 6.07) is 3.19. The molecule has 2 aromatic rings. The minimum Gasteiger partial charge on any atom is -0.372 e. The zero-order chi connectivity index (χ0) is 14.8. The van der Waals surface area contributed by atoms with Gasteiger partial charge < -0.3 is 5.32 Å². The first-order chi connectivity index (χ1) is 9.42. The molecule has 0 bridgehead atoms. The van der Waals surface area contributed by atoms with Crippen LogP contribution >= 0.6 is 15.9 Å². The van der Waals surface area contributed by atoms with E-state index < -0.39 is 10.0 Å². The van der Waals surface area contributed by atoms with Crippen molar-refractivity contribution in [2.75, 3.05) is 17.1 Å². The maximum Gasteiger partial charge on any atom is 0.265 e. The molecule has 2 heterocycles. The summed E-state index contributed by atoms with van der Waals surface area (Å²) in [5.74, 6) is 0.279. The molecule has 0 aliphatic carbocycles. The van der Waals surface area contributed by atoms with E-state index >= 15 is 0 Å². The van der Waals surface area contributed by atoms with Gasteiger partial charge in [0.05, 0.1) is 11.9 Å². The Bertz CT molecular complexity index is 734. The Morgan fingerprint density at radius 1 is 1.20 bits per heavy atom. The highest BCUT2D eigenvalue weighted by molar-refractivity contribution is 9.10. The smallest absolute Gasteiger partial charge is 0.265 e. The minimum atomic E-state index is -3.74. The summed E-state index contributed by atoms with van der Waals surface area (Å²) in [7, 11) is -2.13. The highest BCUT2D eigenvalue weighted by Gasteiger charge is 2.20. The molecule has 2 rings (SSSR count). The summed E-state index contributed by atoms with van der Waals surface area (Å²) >= 11 is 3.22. The van der Waals surface area contributed by atoms with Gasteiger partial charge in [0.15, 0.2) is 0 Å². The SMILES string of the molecule is CNc1ncc(Br)cc1S(=O)(=O)Nc1cncc(C)c1.